The quantitative estimate of drug-likeness (QED) is 0.423. The molecule has 1 aromatic rings. The minimum Gasteiger partial charge on any atom is -0.481 e. The maximum Gasteiger partial charge on any atom is 0.338 e. The number of carboxylic acid groups (broad SMARTS) is 1. The van der Waals surface area contributed by atoms with E-state index in [4.69, 9.17) is 9.84 Å². The molecule has 3 rings (SSSR count). The number of likely N-dealkylation sites (tertiary alicyclic amines) is 1. The molecule has 0 aliphatic carbocycles. The van der Waals surface area contributed by atoms with E-state index in [2.05, 4.69) is 0 Å². The van der Waals surface area contributed by atoms with Crippen molar-refractivity contribution in [3.8, 4) is 0 Å². The molecule has 0 bridgehead atoms. The smallest absolute Gasteiger partial charge is 0.338 e. The number of nitrogens with zero attached hydrogens (tertiary/aromatic N) is 2. The molecule has 0 unspecified atom stereocenters. The van der Waals surface area contributed by atoms with Crippen LogP contribution in [-0.4, -0.2) is 59.5 Å². The minimum atomic E-state index is -0.812. The zero-order valence-electron chi connectivity index (χ0n) is 16.5. The first-order chi connectivity index (χ1) is 13.9. The monoisotopic (exact) mass is 402 g/mol. The van der Waals surface area contributed by atoms with E-state index in [1.807, 2.05) is 11.8 Å². The molecule has 2 aliphatic heterocycles. The van der Waals surface area contributed by atoms with Crippen molar-refractivity contribution in [3.05, 3.63) is 29.8 Å². The van der Waals surface area contributed by atoms with Crippen molar-refractivity contribution in [2.45, 2.75) is 45.1 Å². The molecule has 1 atom stereocenters. The summed E-state index contributed by atoms with van der Waals surface area (Å²) in [4.78, 5) is 51.5. The number of amides is 2. The second-order valence-electron chi connectivity index (χ2n) is 7.47. The maximum atomic E-state index is 12.9. The second kappa shape index (κ2) is 9.17. The number of hydrogen-bond acceptors (Lipinski definition) is 6. The van der Waals surface area contributed by atoms with Gasteiger partial charge in [0.05, 0.1) is 36.2 Å². The number of benzene rings is 1. The molecule has 29 heavy (non-hydrogen) atoms. The van der Waals surface area contributed by atoms with E-state index in [0.29, 0.717) is 43.8 Å². The van der Waals surface area contributed by atoms with Gasteiger partial charge in [-0.1, -0.05) is 13.3 Å². The normalized spacial score (nSPS) is 20.9. The van der Waals surface area contributed by atoms with Gasteiger partial charge in [-0.2, -0.15) is 0 Å². The summed E-state index contributed by atoms with van der Waals surface area (Å²) in [6.07, 6.45) is 2.76. The summed E-state index contributed by atoms with van der Waals surface area (Å²) < 4.78 is 5.16. The topological polar surface area (TPSA) is 104 Å². The van der Waals surface area contributed by atoms with Crippen molar-refractivity contribution in [2.75, 3.05) is 24.6 Å². The van der Waals surface area contributed by atoms with Gasteiger partial charge in [-0.15, -0.1) is 0 Å². The van der Waals surface area contributed by atoms with Crippen LogP contribution in [0.3, 0.4) is 0 Å². The lowest BCUT2D eigenvalue weighted by Gasteiger charge is -2.33. The first-order valence-electron chi connectivity index (χ1n) is 10.0. The van der Waals surface area contributed by atoms with Gasteiger partial charge in [0, 0.05) is 0 Å². The van der Waals surface area contributed by atoms with Crippen molar-refractivity contribution in [1.29, 1.82) is 0 Å². The van der Waals surface area contributed by atoms with Crippen LogP contribution in [0.1, 0.15) is 49.4 Å². The van der Waals surface area contributed by atoms with Gasteiger partial charge < -0.3 is 9.84 Å². The van der Waals surface area contributed by atoms with Gasteiger partial charge >= 0.3 is 11.9 Å². The first-order valence-corrected chi connectivity index (χ1v) is 10.0. The predicted molar refractivity (Wildman–Crippen MR) is 104 cm³/mol. The number of ether oxygens (including phenoxy) is 1. The molecule has 1 aromatic carbocycles. The Morgan fingerprint density at radius 2 is 1.79 bits per heavy atom. The zero-order chi connectivity index (χ0) is 21.0. The van der Waals surface area contributed by atoms with Crippen LogP contribution in [-0.2, 0) is 19.1 Å². The third kappa shape index (κ3) is 4.64. The highest BCUT2D eigenvalue weighted by Gasteiger charge is 2.43. The molecule has 8 nitrogen and oxygen atoms in total. The van der Waals surface area contributed by atoms with E-state index in [-0.39, 0.29) is 24.2 Å². The highest BCUT2D eigenvalue weighted by molar-refractivity contribution is 6.22. The number of carbonyl (C=O) groups is 4. The lowest BCUT2D eigenvalue weighted by atomic mass is 9.96. The van der Waals surface area contributed by atoms with Crippen LogP contribution >= 0.6 is 0 Å². The molecular formula is C21H26N2O6. The summed E-state index contributed by atoms with van der Waals surface area (Å²) in [6.45, 7) is 3.34. The molecule has 2 aliphatic rings. The van der Waals surface area contributed by atoms with Gasteiger partial charge in [-0.25, -0.2) is 9.69 Å². The zero-order valence-corrected chi connectivity index (χ0v) is 16.5. The average Bonchev–Trinajstić information content (AvgIpc) is 3.02. The Bertz CT molecular complexity index is 783. The molecule has 156 valence electrons. The van der Waals surface area contributed by atoms with Crippen LogP contribution in [0.4, 0.5) is 5.69 Å². The van der Waals surface area contributed by atoms with Crippen LogP contribution < -0.4 is 4.90 Å². The summed E-state index contributed by atoms with van der Waals surface area (Å²) in [7, 11) is 0. The van der Waals surface area contributed by atoms with Crippen LogP contribution in [0.25, 0.3) is 0 Å². The fraction of sp³-hybridized carbons (Fsp3) is 0.524. The number of piperidine rings is 1. The molecule has 2 fully saturated rings. The van der Waals surface area contributed by atoms with E-state index < -0.39 is 18.0 Å². The number of unbranched alkanes of at least 4 members (excludes halogenated alkanes) is 1. The van der Waals surface area contributed by atoms with Gasteiger partial charge in [-0.05, 0) is 56.6 Å². The predicted octanol–water partition coefficient (Wildman–Crippen LogP) is 2.07. The standard InChI is InChI=1S/C21H26N2O6/c1-2-3-12-29-21(28)15-4-6-16(7-5-15)23-18(24)13-17(19(23)25)22-10-8-14(9-11-22)20(26)27/h4-7,14,17H,2-3,8-13H2,1H3,(H,26,27)/t17-/m1/s1. The third-order valence-corrected chi connectivity index (χ3v) is 5.53. The Morgan fingerprint density at radius 3 is 2.38 bits per heavy atom. The van der Waals surface area contributed by atoms with E-state index in [0.717, 1.165) is 17.7 Å². The number of carbonyl (C=O) groups excluding carboxylic acids is 3. The van der Waals surface area contributed by atoms with E-state index >= 15 is 0 Å². The lowest BCUT2D eigenvalue weighted by Crippen LogP contribution is -2.46. The molecule has 2 heterocycles. The molecule has 0 radical (unpaired) electrons. The average molecular weight is 402 g/mol. The van der Waals surface area contributed by atoms with Crippen LogP contribution in [0, 0.1) is 5.92 Å². The number of imide groups is 1. The number of rotatable bonds is 7. The Balaban J connectivity index is 1.64. The number of anilines is 1. The summed E-state index contributed by atoms with van der Waals surface area (Å²) >= 11 is 0. The highest BCUT2D eigenvalue weighted by atomic mass is 16.5. The fourth-order valence-corrected chi connectivity index (χ4v) is 3.77. The van der Waals surface area contributed by atoms with Crippen LogP contribution in [0.2, 0.25) is 0 Å². The summed E-state index contributed by atoms with van der Waals surface area (Å²) in [5.74, 6) is -2.23. The van der Waals surface area contributed by atoms with Crippen LogP contribution in [0.15, 0.2) is 24.3 Å². The lowest BCUT2D eigenvalue weighted by molar-refractivity contribution is -0.143. The molecule has 1 N–H and O–H groups in total. The Hall–Kier alpha value is -2.74. The molecule has 0 aromatic heterocycles. The van der Waals surface area contributed by atoms with Crippen molar-refractivity contribution >= 4 is 29.4 Å². The highest BCUT2D eigenvalue weighted by Crippen LogP contribution is 2.29. The molecular weight excluding hydrogens is 376 g/mol. The molecule has 0 spiro atoms. The van der Waals surface area contributed by atoms with E-state index in [1.54, 1.807) is 24.3 Å². The second-order valence-corrected chi connectivity index (χ2v) is 7.47. The number of esters is 1. The summed E-state index contributed by atoms with van der Waals surface area (Å²) in [6, 6.07) is 5.69. The molecule has 0 saturated carbocycles. The van der Waals surface area contributed by atoms with Gasteiger partial charge in [-0.3, -0.25) is 19.3 Å². The van der Waals surface area contributed by atoms with E-state index in [1.165, 1.54) is 0 Å². The van der Waals surface area contributed by atoms with Crippen molar-refractivity contribution < 1.29 is 29.0 Å². The Labute approximate surface area is 169 Å². The van der Waals surface area contributed by atoms with Crippen molar-refractivity contribution in [2.24, 2.45) is 5.92 Å². The van der Waals surface area contributed by atoms with Crippen molar-refractivity contribution in [3.63, 3.8) is 0 Å². The number of carboxylic acids is 1. The maximum absolute atomic E-state index is 12.9. The number of aliphatic carboxylic acids is 1. The Morgan fingerprint density at radius 1 is 1.14 bits per heavy atom. The molecule has 2 saturated heterocycles. The molecule has 2 amide bonds. The Kier molecular flexibility index (Phi) is 6.64. The fourth-order valence-electron chi connectivity index (χ4n) is 3.77. The number of hydrogen-bond donors (Lipinski definition) is 1. The SMILES string of the molecule is CCCCOC(=O)c1ccc(N2C(=O)C[C@@H](N3CCC(C(=O)O)CC3)C2=O)cc1. The third-order valence-electron chi connectivity index (χ3n) is 5.53. The van der Waals surface area contributed by atoms with Gasteiger partial charge in [0.2, 0.25) is 5.91 Å². The largest absolute Gasteiger partial charge is 0.481 e. The minimum absolute atomic E-state index is 0.0807. The van der Waals surface area contributed by atoms with Gasteiger partial charge in [0.15, 0.2) is 0 Å². The molecule has 8 heteroatoms. The van der Waals surface area contributed by atoms with E-state index in [9.17, 15) is 19.2 Å². The summed E-state index contributed by atoms with van der Waals surface area (Å²) in [5, 5.41) is 9.12. The van der Waals surface area contributed by atoms with Gasteiger partial charge in [0.1, 0.15) is 0 Å². The first kappa shape index (κ1) is 21.0. The van der Waals surface area contributed by atoms with Gasteiger partial charge in [0.25, 0.3) is 5.91 Å². The summed E-state index contributed by atoms with van der Waals surface area (Å²) in [5.41, 5.74) is 0.796. The van der Waals surface area contributed by atoms with Crippen LogP contribution in [0.5, 0.6) is 0 Å². The van der Waals surface area contributed by atoms with Crippen molar-refractivity contribution in [1.82, 2.24) is 4.90 Å².